The van der Waals surface area contributed by atoms with Crippen molar-refractivity contribution in [3.63, 3.8) is 0 Å². The van der Waals surface area contributed by atoms with Crippen molar-refractivity contribution in [3.05, 3.63) is 24.4 Å². The molecule has 1 aromatic heterocycles. The average molecular weight is 273 g/mol. The summed E-state index contributed by atoms with van der Waals surface area (Å²) in [6.45, 7) is 4.59. The van der Waals surface area contributed by atoms with Gasteiger partial charge in [-0.3, -0.25) is 4.68 Å². The number of nitrogens with two attached hydrogens (primary N) is 1. The molecule has 0 aliphatic carbocycles. The highest BCUT2D eigenvalue weighted by molar-refractivity contribution is 5.74. The lowest BCUT2D eigenvalue weighted by molar-refractivity contribution is 0.174. The van der Waals surface area contributed by atoms with Crippen molar-refractivity contribution < 1.29 is 9.47 Å². The number of benzene rings is 1. The molecule has 0 saturated carbocycles. The van der Waals surface area contributed by atoms with Crippen molar-refractivity contribution in [2.45, 2.75) is 32.7 Å². The fourth-order valence-electron chi connectivity index (χ4n) is 2.52. The summed E-state index contributed by atoms with van der Waals surface area (Å²) >= 11 is 0. The van der Waals surface area contributed by atoms with Crippen LogP contribution < -0.4 is 15.2 Å². The number of hydrogen-bond donors (Lipinski definition) is 1. The summed E-state index contributed by atoms with van der Waals surface area (Å²) in [4.78, 5) is 0. The average Bonchev–Trinajstić information content (AvgIpc) is 3.06. The minimum absolute atomic E-state index is 0.274. The van der Waals surface area contributed by atoms with Crippen LogP contribution in [0.1, 0.15) is 32.7 Å². The highest BCUT2D eigenvalue weighted by atomic mass is 16.7. The van der Waals surface area contributed by atoms with Crippen LogP contribution in [-0.2, 0) is 0 Å². The summed E-state index contributed by atoms with van der Waals surface area (Å²) in [5.41, 5.74) is 8.56. The molecule has 2 aromatic rings. The van der Waals surface area contributed by atoms with Gasteiger partial charge in [-0.1, -0.05) is 13.8 Å². The molecule has 0 spiro atoms. The first-order valence-corrected chi connectivity index (χ1v) is 6.97. The van der Waals surface area contributed by atoms with Gasteiger partial charge in [-0.15, -0.1) is 0 Å². The molecule has 20 heavy (non-hydrogen) atoms. The van der Waals surface area contributed by atoms with E-state index in [1.165, 1.54) is 0 Å². The molecule has 0 fully saturated rings. The van der Waals surface area contributed by atoms with Crippen LogP contribution in [0.4, 0.5) is 5.69 Å². The molecule has 0 amide bonds. The van der Waals surface area contributed by atoms with Gasteiger partial charge in [0.2, 0.25) is 6.79 Å². The van der Waals surface area contributed by atoms with E-state index in [2.05, 4.69) is 18.9 Å². The van der Waals surface area contributed by atoms with Crippen molar-refractivity contribution in [2.24, 2.45) is 0 Å². The monoisotopic (exact) mass is 273 g/mol. The molecule has 0 radical (unpaired) electrons. The maximum atomic E-state index is 6.11. The largest absolute Gasteiger partial charge is 0.454 e. The van der Waals surface area contributed by atoms with Crippen molar-refractivity contribution in [3.8, 4) is 22.8 Å². The van der Waals surface area contributed by atoms with E-state index in [9.17, 15) is 0 Å². The van der Waals surface area contributed by atoms with E-state index in [-0.39, 0.29) is 6.79 Å². The van der Waals surface area contributed by atoms with Gasteiger partial charge in [-0.25, -0.2) is 0 Å². The Kier molecular flexibility index (Phi) is 3.26. The number of ether oxygens (including phenoxy) is 2. The molecule has 0 saturated heterocycles. The van der Waals surface area contributed by atoms with E-state index >= 15 is 0 Å². The van der Waals surface area contributed by atoms with Gasteiger partial charge >= 0.3 is 0 Å². The maximum absolute atomic E-state index is 6.11. The van der Waals surface area contributed by atoms with Crippen molar-refractivity contribution in [1.82, 2.24) is 9.78 Å². The first-order chi connectivity index (χ1) is 9.72. The molecule has 5 heteroatoms. The van der Waals surface area contributed by atoms with E-state index in [1.807, 2.05) is 29.1 Å². The van der Waals surface area contributed by atoms with Gasteiger partial charge in [0.1, 0.15) is 5.69 Å². The zero-order chi connectivity index (χ0) is 14.1. The van der Waals surface area contributed by atoms with Crippen LogP contribution in [-0.4, -0.2) is 16.6 Å². The van der Waals surface area contributed by atoms with E-state index in [1.54, 1.807) is 0 Å². The number of rotatable bonds is 4. The predicted molar refractivity (Wildman–Crippen MR) is 77.8 cm³/mol. The molecule has 2 heterocycles. The van der Waals surface area contributed by atoms with Crippen LogP contribution in [0.5, 0.6) is 11.5 Å². The fourth-order valence-corrected chi connectivity index (χ4v) is 2.52. The van der Waals surface area contributed by atoms with Gasteiger partial charge in [0, 0.05) is 11.8 Å². The van der Waals surface area contributed by atoms with E-state index in [4.69, 9.17) is 15.2 Å². The highest BCUT2D eigenvalue weighted by Crippen LogP contribution is 2.37. The van der Waals surface area contributed by atoms with E-state index < -0.39 is 0 Å². The molecule has 1 aromatic carbocycles. The number of fused-ring (bicyclic) bond motifs is 1. The topological polar surface area (TPSA) is 62.3 Å². The van der Waals surface area contributed by atoms with Crippen LogP contribution in [0, 0.1) is 0 Å². The Balaban J connectivity index is 1.98. The summed E-state index contributed by atoms with van der Waals surface area (Å²) in [7, 11) is 0. The zero-order valence-corrected chi connectivity index (χ0v) is 11.8. The minimum Gasteiger partial charge on any atom is -0.454 e. The van der Waals surface area contributed by atoms with Crippen molar-refractivity contribution in [2.75, 3.05) is 12.5 Å². The molecule has 5 nitrogen and oxygen atoms in total. The molecule has 0 bridgehead atoms. The third-order valence-electron chi connectivity index (χ3n) is 3.72. The number of nitrogen functional groups attached to an aromatic ring is 1. The van der Waals surface area contributed by atoms with Gasteiger partial charge in [0.15, 0.2) is 11.5 Å². The molecule has 1 aliphatic heterocycles. The smallest absolute Gasteiger partial charge is 0.231 e. The summed E-state index contributed by atoms with van der Waals surface area (Å²) in [5.74, 6) is 1.52. The Labute approximate surface area is 118 Å². The first-order valence-electron chi connectivity index (χ1n) is 6.97. The molecule has 1 aliphatic rings. The molecule has 0 atom stereocenters. The molecule has 3 rings (SSSR count). The quantitative estimate of drug-likeness (QED) is 0.929. The van der Waals surface area contributed by atoms with Gasteiger partial charge in [0.25, 0.3) is 0 Å². The van der Waals surface area contributed by atoms with Crippen molar-refractivity contribution >= 4 is 5.69 Å². The van der Waals surface area contributed by atoms with Crippen LogP contribution in [0.2, 0.25) is 0 Å². The van der Waals surface area contributed by atoms with E-state index in [0.29, 0.717) is 11.7 Å². The summed E-state index contributed by atoms with van der Waals surface area (Å²) in [5, 5.41) is 4.64. The predicted octanol–water partition coefficient (Wildman–Crippen LogP) is 3.22. The second-order valence-corrected chi connectivity index (χ2v) is 4.95. The Morgan fingerprint density at radius 2 is 2.00 bits per heavy atom. The molecule has 0 unspecified atom stereocenters. The molecule has 2 N–H and O–H groups in total. The molecule has 106 valence electrons. The fraction of sp³-hybridized carbons (Fsp3) is 0.400. The van der Waals surface area contributed by atoms with Crippen LogP contribution in [0.15, 0.2) is 24.4 Å². The normalized spacial score (nSPS) is 13.2. The number of anilines is 1. The number of nitrogens with zero attached hydrogens (tertiary/aromatic N) is 2. The Morgan fingerprint density at radius 3 is 2.75 bits per heavy atom. The summed E-state index contributed by atoms with van der Waals surface area (Å²) in [6, 6.07) is 6.18. The SMILES string of the molecule is CCC(CC)n1cc(N)c(-c2ccc3c(c2)OCO3)n1. The van der Waals surface area contributed by atoms with Crippen LogP contribution >= 0.6 is 0 Å². The lowest BCUT2D eigenvalue weighted by atomic mass is 10.1. The molecular weight excluding hydrogens is 254 g/mol. The number of aromatic nitrogens is 2. The summed E-state index contributed by atoms with van der Waals surface area (Å²) in [6.07, 6.45) is 3.99. The highest BCUT2D eigenvalue weighted by Gasteiger charge is 2.17. The zero-order valence-electron chi connectivity index (χ0n) is 11.8. The van der Waals surface area contributed by atoms with Crippen LogP contribution in [0.3, 0.4) is 0 Å². The second-order valence-electron chi connectivity index (χ2n) is 4.95. The summed E-state index contributed by atoms with van der Waals surface area (Å²) < 4.78 is 12.7. The van der Waals surface area contributed by atoms with Crippen LogP contribution in [0.25, 0.3) is 11.3 Å². The Bertz CT molecular complexity index is 618. The van der Waals surface area contributed by atoms with Gasteiger partial charge in [0.05, 0.1) is 11.7 Å². The first kappa shape index (κ1) is 12.8. The third-order valence-corrected chi connectivity index (χ3v) is 3.72. The Morgan fingerprint density at radius 1 is 1.25 bits per heavy atom. The molecular formula is C15H19N3O2. The minimum atomic E-state index is 0.274. The standard InChI is InChI=1S/C15H19N3O2/c1-3-11(4-2)18-8-12(16)15(17-18)10-5-6-13-14(7-10)20-9-19-13/h5-8,11H,3-4,9,16H2,1-2H3. The van der Waals surface area contributed by atoms with Crippen molar-refractivity contribution in [1.29, 1.82) is 0 Å². The lowest BCUT2D eigenvalue weighted by Crippen LogP contribution is -2.07. The third kappa shape index (κ3) is 2.09. The van der Waals surface area contributed by atoms with E-state index in [0.717, 1.165) is 35.6 Å². The Hall–Kier alpha value is -2.17. The second kappa shape index (κ2) is 5.07. The van der Waals surface area contributed by atoms with Gasteiger partial charge < -0.3 is 15.2 Å². The number of hydrogen-bond acceptors (Lipinski definition) is 4. The maximum Gasteiger partial charge on any atom is 0.231 e. The lowest BCUT2D eigenvalue weighted by Gasteiger charge is -2.12. The van der Waals surface area contributed by atoms with Gasteiger partial charge in [-0.05, 0) is 31.0 Å². The van der Waals surface area contributed by atoms with Gasteiger partial charge in [-0.2, -0.15) is 5.10 Å².